The number of thiophene rings is 1. The van der Waals surface area contributed by atoms with Crippen LogP contribution in [0, 0.1) is 5.92 Å². The Morgan fingerprint density at radius 2 is 2.17 bits per heavy atom. The van der Waals surface area contributed by atoms with Crippen LogP contribution in [0.4, 0.5) is 0 Å². The van der Waals surface area contributed by atoms with Crippen LogP contribution in [0.3, 0.4) is 0 Å². The van der Waals surface area contributed by atoms with Gasteiger partial charge in [-0.25, -0.2) is 9.78 Å². The van der Waals surface area contributed by atoms with Gasteiger partial charge >= 0.3 is 5.97 Å². The van der Waals surface area contributed by atoms with E-state index in [1.54, 1.807) is 6.07 Å². The molecule has 1 N–H and O–H groups in total. The predicted molar refractivity (Wildman–Crippen MR) is 91.9 cm³/mol. The van der Waals surface area contributed by atoms with E-state index in [4.69, 9.17) is 4.74 Å². The van der Waals surface area contributed by atoms with Crippen LogP contribution in [-0.4, -0.2) is 34.6 Å². The van der Waals surface area contributed by atoms with E-state index >= 15 is 0 Å². The molecule has 2 heterocycles. The summed E-state index contributed by atoms with van der Waals surface area (Å²) in [4.78, 5) is 41.0. The van der Waals surface area contributed by atoms with Crippen molar-refractivity contribution < 1.29 is 14.3 Å². The summed E-state index contributed by atoms with van der Waals surface area (Å²) in [6.45, 7) is 4.13. The molecule has 2 aromatic rings. The van der Waals surface area contributed by atoms with Crippen molar-refractivity contribution in [3.63, 3.8) is 0 Å². The highest BCUT2D eigenvalue weighted by Gasteiger charge is 2.22. The summed E-state index contributed by atoms with van der Waals surface area (Å²) in [5, 5.41) is 5.03. The van der Waals surface area contributed by atoms with Crippen molar-refractivity contribution in [2.75, 3.05) is 7.11 Å². The molecule has 0 aliphatic rings. The smallest absolute Gasteiger partial charge is 0.328 e. The number of nitrogens with zero attached hydrogens (tertiary/aromatic N) is 2. The van der Waals surface area contributed by atoms with Crippen molar-refractivity contribution in [2.24, 2.45) is 5.92 Å². The summed E-state index contributed by atoms with van der Waals surface area (Å²) < 4.78 is 6.12. The largest absolute Gasteiger partial charge is 0.467 e. The first-order valence-electron chi connectivity index (χ1n) is 7.72. The minimum Gasteiger partial charge on any atom is -0.467 e. The second kappa shape index (κ2) is 8.05. The van der Waals surface area contributed by atoms with Crippen LogP contribution >= 0.6 is 11.3 Å². The van der Waals surface area contributed by atoms with E-state index in [2.05, 4.69) is 10.3 Å². The first-order valence-corrected chi connectivity index (χ1v) is 8.60. The molecule has 1 amide bonds. The number of nitrogens with one attached hydrogen (secondary N) is 1. The van der Waals surface area contributed by atoms with Crippen LogP contribution in [0.2, 0.25) is 0 Å². The van der Waals surface area contributed by atoms with Gasteiger partial charge in [0.25, 0.3) is 5.56 Å². The van der Waals surface area contributed by atoms with Gasteiger partial charge in [0.15, 0.2) is 0 Å². The molecule has 0 aliphatic heterocycles. The summed E-state index contributed by atoms with van der Waals surface area (Å²) in [6.07, 6.45) is 2.03. The highest BCUT2D eigenvalue weighted by molar-refractivity contribution is 7.16. The van der Waals surface area contributed by atoms with Gasteiger partial charge in [-0.15, -0.1) is 11.3 Å². The van der Waals surface area contributed by atoms with Crippen molar-refractivity contribution in [1.82, 2.24) is 14.9 Å². The zero-order valence-electron chi connectivity index (χ0n) is 13.9. The number of aryl methyl sites for hydroxylation is 1. The first-order chi connectivity index (χ1) is 11.4. The lowest BCUT2D eigenvalue weighted by atomic mass is 10.0. The third-order valence-corrected chi connectivity index (χ3v) is 4.38. The standard InChI is InChI=1S/C16H21N3O4S/c1-10(2)8-12(16(22)23-3)18-13(20)4-6-19-9-17-14-11(15(19)21)5-7-24-14/h5,7,9-10,12H,4,6,8H2,1-3H3,(H,18,20). The summed E-state index contributed by atoms with van der Waals surface area (Å²) in [7, 11) is 1.29. The van der Waals surface area contributed by atoms with Gasteiger partial charge in [0, 0.05) is 13.0 Å². The molecule has 0 spiro atoms. The van der Waals surface area contributed by atoms with Gasteiger partial charge in [-0.1, -0.05) is 13.8 Å². The van der Waals surface area contributed by atoms with E-state index in [1.807, 2.05) is 19.2 Å². The second-order valence-corrected chi connectivity index (χ2v) is 6.80. The van der Waals surface area contributed by atoms with Gasteiger partial charge < -0.3 is 10.1 Å². The number of amides is 1. The molecule has 0 saturated heterocycles. The SMILES string of the molecule is COC(=O)C(CC(C)C)NC(=O)CCn1cnc2sccc2c1=O. The van der Waals surface area contributed by atoms with E-state index in [9.17, 15) is 14.4 Å². The van der Waals surface area contributed by atoms with Crippen LogP contribution in [0.5, 0.6) is 0 Å². The molecule has 2 aromatic heterocycles. The highest BCUT2D eigenvalue weighted by Crippen LogP contribution is 2.13. The number of rotatable bonds is 7. The Labute approximate surface area is 143 Å². The Morgan fingerprint density at radius 3 is 2.83 bits per heavy atom. The van der Waals surface area contributed by atoms with Gasteiger partial charge in [0.05, 0.1) is 18.8 Å². The normalized spacial score (nSPS) is 12.3. The molecule has 24 heavy (non-hydrogen) atoms. The zero-order chi connectivity index (χ0) is 17.7. The van der Waals surface area contributed by atoms with Crippen molar-refractivity contribution in [3.05, 3.63) is 28.1 Å². The third kappa shape index (κ3) is 4.41. The topological polar surface area (TPSA) is 90.3 Å². The van der Waals surface area contributed by atoms with Gasteiger partial charge in [-0.3, -0.25) is 14.2 Å². The van der Waals surface area contributed by atoms with Gasteiger partial charge in [-0.05, 0) is 23.8 Å². The lowest BCUT2D eigenvalue weighted by Crippen LogP contribution is -2.42. The zero-order valence-corrected chi connectivity index (χ0v) is 14.8. The van der Waals surface area contributed by atoms with E-state index in [-0.39, 0.29) is 30.3 Å². The fraction of sp³-hybridized carbons (Fsp3) is 0.500. The average molecular weight is 351 g/mol. The monoisotopic (exact) mass is 351 g/mol. The number of hydrogen-bond acceptors (Lipinski definition) is 6. The molecule has 1 unspecified atom stereocenters. The van der Waals surface area contributed by atoms with E-state index < -0.39 is 12.0 Å². The molecule has 130 valence electrons. The molecule has 0 aromatic carbocycles. The van der Waals surface area contributed by atoms with Gasteiger partial charge in [0.1, 0.15) is 10.9 Å². The fourth-order valence-corrected chi connectivity index (χ4v) is 3.09. The van der Waals surface area contributed by atoms with E-state index in [1.165, 1.54) is 29.3 Å². The van der Waals surface area contributed by atoms with Crippen LogP contribution in [0.15, 0.2) is 22.6 Å². The average Bonchev–Trinajstić information content (AvgIpc) is 3.02. The molecule has 2 rings (SSSR count). The maximum Gasteiger partial charge on any atom is 0.328 e. The highest BCUT2D eigenvalue weighted by atomic mass is 32.1. The molecule has 0 aliphatic carbocycles. The van der Waals surface area contributed by atoms with Crippen molar-refractivity contribution in [3.8, 4) is 0 Å². The molecular formula is C16H21N3O4S. The Morgan fingerprint density at radius 1 is 1.42 bits per heavy atom. The number of carbonyl (C=O) groups excluding carboxylic acids is 2. The second-order valence-electron chi connectivity index (χ2n) is 5.91. The number of fused-ring (bicyclic) bond motifs is 1. The molecule has 0 fully saturated rings. The molecule has 8 heteroatoms. The number of ether oxygens (including phenoxy) is 1. The number of methoxy groups -OCH3 is 1. The summed E-state index contributed by atoms with van der Waals surface area (Å²) >= 11 is 1.40. The van der Waals surface area contributed by atoms with E-state index in [0.29, 0.717) is 16.6 Å². The lowest BCUT2D eigenvalue weighted by molar-refractivity contribution is -0.145. The minimum absolute atomic E-state index is 0.0861. The Balaban J connectivity index is 1.99. The number of esters is 1. The Bertz CT molecular complexity index is 781. The maximum atomic E-state index is 12.2. The molecule has 7 nitrogen and oxygen atoms in total. The maximum absolute atomic E-state index is 12.2. The van der Waals surface area contributed by atoms with Gasteiger partial charge in [0.2, 0.25) is 5.91 Å². The van der Waals surface area contributed by atoms with Crippen molar-refractivity contribution in [2.45, 2.75) is 39.3 Å². The number of hydrogen-bond donors (Lipinski definition) is 1. The van der Waals surface area contributed by atoms with Crippen LogP contribution in [0.1, 0.15) is 26.7 Å². The Kier molecular flexibility index (Phi) is 6.08. The van der Waals surface area contributed by atoms with Gasteiger partial charge in [-0.2, -0.15) is 0 Å². The summed E-state index contributed by atoms with van der Waals surface area (Å²) in [6, 6.07) is 1.05. The lowest BCUT2D eigenvalue weighted by Gasteiger charge is -2.18. The molecule has 0 saturated carbocycles. The van der Waals surface area contributed by atoms with Crippen molar-refractivity contribution in [1.29, 1.82) is 0 Å². The number of carbonyl (C=O) groups is 2. The fourth-order valence-electron chi connectivity index (χ4n) is 2.37. The molecular weight excluding hydrogens is 330 g/mol. The predicted octanol–water partition coefficient (Wildman–Crippen LogP) is 1.55. The van der Waals surface area contributed by atoms with Crippen molar-refractivity contribution >= 4 is 33.4 Å². The molecule has 0 bridgehead atoms. The minimum atomic E-state index is -0.670. The third-order valence-electron chi connectivity index (χ3n) is 3.56. The first kappa shape index (κ1) is 18.1. The summed E-state index contributed by atoms with van der Waals surface area (Å²) in [5.74, 6) is -0.527. The molecule has 0 radical (unpaired) electrons. The van der Waals surface area contributed by atoms with E-state index in [0.717, 1.165) is 0 Å². The summed E-state index contributed by atoms with van der Waals surface area (Å²) in [5.41, 5.74) is -0.166. The van der Waals surface area contributed by atoms with Crippen LogP contribution in [0.25, 0.3) is 10.2 Å². The van der Waals surface area contributed by atoms with Crippen LogP contribution in [-0.2, 0) is 20.9 Å². The number of aromatic nitrogens is 2. The molecule has 1 atom stereocenters. The van der Waals surface area contributed by atoms with Crippen LogP contribution < -0.4 is 10.9 Å². The quantitative estimate of drug-likeness (QED) is 0.765. The Hall–Kier alpha value is -2.22.